The van der Waals surface area contributed by atoms with Gasteiger partial charge in [-0.1, -0.05) is 30.1 Å². The maximum absolute atomic E-state index is 13.2. The van der Waals surface area contributed by atoms with E-state index in [2.05, 4.69) is 0 Å². The summed E-state index contributed by atoms with van der Waals surface area (Å²) in [7, 11) is 1.62. The number of fused-ring (bicyclic) bond motifs is 3. The number of ether oxygens (including phenoxy) is 4. The molecule has 4 fully saturated rings. The van der Waals surface area contributed by atoms with Crippen molar-refractivity contribution in [1.82, 2.24) is 0 Å². The molecule has 4 bridgehead atoms. The molecule has 0 spiro atoms. The fourth-order valence-corrected chi connectivity index (χ4v) is 6.07. The van der Waals surface area contributed by atoms with Gasteiger partial charge in [-0.2, -0.15) is 0 Å². The molecule has 6 rings (SSSR count). The summed E-state index contributed by atoms with van der Waals surface area (Å²) in [5.74, 6) is -0.756. The van der Waals surface area contributed by atoms with E-state index in [-0.39, 0.29) is 48.6 Å². The lowest BCUT2D eigenvalue weighted by Crippen LogP contribution is -2.65. The minimum atomic E-state index is -1.30. The number of esters is 2. The molecular formula is C20H20Cl2O6. The van der Waals surface area contributed by atoms with Crippen LogP contribution in [0.5, 0.6) is 5.75 Å². The van der Waals surface area contributed by atoms with E-state index < -0.39 is 16.2 Å². The molecule has 3 heterocycles. The third-order valence-corrected chi connectivity index (χ3v) is 7.46. The molecule has 1 saturated carbocycles. The third-order valence-electron chi connectivity index (χ3n) is 7.10. The summed E-state index contributed by atoms with van der Waals surface area (Å²) in [5, 5.41) is 0. The Morgan fingerprint density at radius 1 is 1.32 bits per heavy atom. The van der Waals surface area contributed by atoms with E-state index in [0.717, 1.165) is 22.4 Å². The first-order chi connectivity index (χ1) is 13.3. The predicted molar refractivity (Wildman–Crippen MR) is 99.5 cm³/mol. The first-order valence-electron chi connectivity index (χ1n) is 9.31. The number of hydrogen-bond donors (Lipinski definition) is 0. The topological polar surface area (TPSA) is 71.1 Å². The van der Waals surface area contributed by atoms with Crippen LogP contribution in [0.2, 0.25) is 0 Å². The van der Waals surface area contributed by atoms with E-state index in [1.807, 2.05) is 26.0 Å². The lowest BCUT2D eigenvalue weighted by atomic mass is 9.54. The van der Waals surface area contributed by atoms with Gasteiger partial charge in [-0.15, -0.1) is 0 Å². The second-order valence-corrected chi connectivity index (χ2v) is 9.23. The highest BCUT2D eigenvalue weighted by Gasteiger charge is 2.76. The Morgan fingerprint density at radius 3 is 2.75 bits per heavy atom. The second-order valence-electron chi connectivity index (χ2n) is 8.13. The van der Waals surface area contributed by atoms with Crippen LogP contribution >= 0.6 is 23.2 Å². The normalized spacial score (nSPS) is 39.1. The van der Waals surface area contributed by atoms with Gasteiger partial charge in [0.05, 0.1) is 19.3 Å². The Morgan fingerprint density at radius 2 is 2.07 bits per heavy atom. The lowest BCUT2D eigenvalue weighted by molar-refractivity contribution is -0.221. The van der Waals surface area contributed by atoms with Crippen molar-refractivity contribution in [3.05, 3.63) is 28.8 Å². The average Bonchev–Trinajstić information content (AvgIpc) is 3.15. The zero-order valence-corrected chi connectivity index (χ0v) is 17.1. The van der Waals surface area contributed by atoms with E-state index in [1.54, 1.807) is 7.11 Å². The molecule has 3 unspecified atom stereocenters. The number of aryl methyl sites for hydroxylation is 1. The maximum atomic E-state index is 13.2. The van der Waals surface area contributed by atoms with E-state index in [1.165, 1.54) is 0 Å². The highest BCUT2D eigenvalue weighted by atomic mass is 35.5. The lowest BCUT2D eigenvalue weighted by Gasteiger charge is -2.55. The van der Waals surface area contributed by atoms with Crippen molar-refractivity contribution in [2.75, 3.05) is 13.7 Å². The van der Waals surface area contributed by atoms with Gasteiger partial charge in [-0.3, -0.25) is 4.79 Å². The van der Waals surface area contributed by atoms with Gasteiger partial charge >= 0.3 is 11.9 Å². The van der Waals surface area contributed by atoms with Gasteiger partial charge in [0.2, 0.25) is 4.84 Å². The summed E-state index contributed by atoms with van der Waals surface area (Å²) in [4.78, 5) is 23.8. The SMILES string of the molecule is COc1cc(C)c2c(c1)C1C3[C@H]4OC(=O)[C@]1(COC(=O)C(Cl)Cl)[C@@H](C)C4O[C@@H]23. The molecule has 2 aliphatic carbocycles. The number of alkyl halides is 2. The van der Waals surface area contributed by atoms with Crippen LogP contribution in [0.15, 0.2) is 12.1 Å². The minimum Gasteiger partial charge on any atom is -0.497 e. The Balaban J connectivity index is 1.66. The van der Waals surface area contributed by atoms with Crippen LogP contribution in [0.4, 0.5) is 0 Å². The van der Waals surface area contributed by atoms with Crippen molar-refractivity contribution in [2.24, 2.45) is 17.3 Å². The fraction of sp³-hybridized carbons (Fsp3) is 0.600. The predicted octanol–water partition coefficient (Wildman–Crippen LogP) is 3.07. The first kappa shape index (κ1) is 18.5. The molecule has 3 saturated heterocycles. The van der Waals surface area contributed by atoms with Gasteiger partial charge in [-0.05, 0) is 35.7 Å². The first-order valence-corrected chi connectivity index (χ1v) is 10.2. The van der Waals surface area contributed by atoms with Crippen LogP contribution in [-0.4, -0.2) is 42.7 Å². The minimum absolute atomic E-state index is 0.00112. The molecule has 28 heavy (non-hydrogen) atoms. The molecule has 1 aromatic carbocycles. The number of carbonyl (C=O) groups is 2. The molecular weight excluding hydrogens is 407 g/mol. The van der Waals surface area contributed by atoms with Gasteiger partial charge in [0, 0.05) is 17.8 Å². The summed E-state index contributed by atoms with van der Waals surface area (Å²) >= 11 is 11.3. The van der Waals surface area contributed by atoms with Crippen LogP contribution in [-0.2, 0) is 23.8 Å². The summed E-state index contributed by atoms with van der Waals surface area (Å²) in [5.41, 5.74) is 2.13. The molecule has 7 atom stereocenters. The van der Waals surface area contributed by atoms with Crippen molar-refractivity contribution in [1.29, 1.82) is 0 Å². The van der Waals surface area contributed by atoms with E-state index in [0.29, 0.717) is 0 Å². The Labute approximate surface area is 172 Å². The van der Waals surface area contributed by atoms with Gasteiger partial charge in [0.1, 0.15) is 23.9 Å². The largest absolute Gasteiger partial charge is 0.497 e. The number of carbonyl (C=O) groups excluding carboxylic acids is 2. The molecule has 1 aromatic rings. The summed E-state index contributed by atoms with van der Waals surface area (Å²) < 4.78 is 23.1. The van der Waals surface area contributed by atoms with E-state index >= 15 is 0 Å². The van der Waals surface area contributed by atoms with Crippen LogP contribution in [0, 0.1) is 24.2 Å². The zero-order valence-electron chi connectivity index (χ0n) is 15.6. The van der Waals surface area contributed by atoms with Gasteiger partial charge in [0.15, 0.2) is 0 Å². The quantitative estimate of drug-likeness (QED) is 0.544. The molecule has 6 nitrogen and oxygen atoms in total. The molecule has 0 radical (unpaired) electrons. The number of halogens is 2. The maximum Gasteiger partial charge on any atom is 0.339 e. The van der Waals surface area contributed by atoms with Crippen molar-refractivity contribution >= 4 is 35.1 Å². The Hall–Kier alpha value is -1.50. The fourth-order valence-electron chi connectivity index (χ4n) is 5.94. The zero-order chi connectivity index (χ0) is 20.0. The highest BCUT2D eigenvalue weighted by Crippen LogP contribution is 2.71. The van der Waals surface area contributed by atoms with Crippen LogP contribution < -0.4 is 4.74 Å². The average molecular weight is 427 g/mol. The third kappa shape index (κ3) is 2.09. The summed E-state index contributed by atoms with van der Waals surface area (Å²) in [6.45, 7) is 3.84. The Kier molecular flexibility index (Phi) is 3.97. The van der Waals surface area contributed by atoms with Crippen molar-refractivity contribution in [3.8, 4) is 5.75 Å². The molecule has 150 valence electrons. The van der Waals surface area contributed by atoms with E-state index in [9.17, 15) is 9.59 Å². The standard InChI is InChI=1S/C20H20Cl2O6/c1-7-4-9(25-3)5-10-11(7)15-12-13(10)20(6-26-18(23)17(21)22)8(2)14(27-15)16(12)28-19(20)24/h4-5,8,12-17H,6H2,1-3H3/t8-,12?,13?,14?,15-,16+,20+/m0/s1. The van der Waals surface area contributed by atoms with Gasteiger partial charge in [-0.25, -0.2) is 4.79 Å². The highest BCUT2D eigenvalue weighted by molar-refractivity contribution is 6.52. The number of methoxy groups -OCH3 is 1. The van der Waals surface area contributed by atoms with Gasteiger partial charge in [0.25, 0.3) is 0 Å². The molecule has 3 aliphatic heterocycles. The molecule has 0 amide bonds. The van der Waals surface area contributed by atoms with Crippen LogP contribution in [0.25, 0.3) is 0 Å². The van der Waals surface area contributed by atoms with Crippen molar-refractivity contribution < 1.29 is 28.5 Å². The number of rotatable bonds is 4. The smallest absolute Gasteiger partial charge is 0.339 e. The molecule has 8 heteroatoms. The van der Waals surface area contributed by atoms with E-state index in [4.69, 9.17) is 42.1 Å². The van der Waals surface area contributed by atoms with Crippen molar-refractivity contribution in [2.45, 2.75) is 42.9 Å². The summed E-state index contributed by atoms with van der Waals surface area (Å²) in [6.07, 6.45) is -0.649. The monoisotopic (exact) mass is 426 g/mol. The van der Waals surface area contributed by atoms with Crippen LogP contribution in [0.3, 0.4) is 0 Å². The van der Waals surface area contributed by atoms with Gasteiger partial charge < -0.3 is 18.9 Å². The second kappa shape index (κ2) is 6.00. The molecule has 0 aromatic heterocycles. The number of hydrogen-bond acceptors (Lipinski definition) is 6. The van der Waals surface area contributed by atoms with Crippen LogP contribution in [0.1, 0.15) is 35.6 Å². The molecule has 5 aliphatic rings. The summed E-state index contributed by atoms with van der Waals surface area (Å²) in [6, 6.07) is 3.95. The molecule has 0 N–H and O–H groups in total. The Bertz CT molecular complexity index is 886. The number of benzene rings is 1. The van der Waals surface area contributed by atoms with Crippen molar-refractivity contribution in [3.63, 3.8) is 0 Å².